The molecule has 1 aliphatic carbocycles. The van der Waals surface area contributed by atoms with E-state index in [1.807, 2.05) is 23.3 Å². The average molecular weight is 402 g/mol. The average Bonchev–Trinajstić information content (AvgIpc) is 3.53. The molecule has 0 unspecified atom stereocenters. The fourth-order valence-electron chi connectivity index (χ4n) is 4.65. The van der Waals surface area contributed by atoms with Crippen LogP contribution < -0.4 is 10.3 Å². The Morgan fingerprint density at radius 3 is 2.59 bits per heavy atom. The first-order valence-electron chi connectivity index (χ1n) is 10.4. The molecule has 2 fully saturated rings. The van der Waals surface area contributed by atoms with Crippen LogP contribution >= 0.6 is 0 Å². The van der Waals surface area contributed by atoms with Crippen molar-refractivity contribution in [2.24, 2.45) is 5.92 Å². The number of aromatic nitrogens is 1. The predicted molar refractivity (Wildman–Crippen MR) is 109 cm³/mol. The Hall–Kier alpha value is -2.41. The van der Waals surface area contributed by atoms with Crippen LogP contribution in [0.1, 0.15) is 61.5 Å². The number of rotatable bonds is 5. The molecule has 1 saturated carbocycles. The number of anilines is 1. The van der Waals surface area contributed by atoms with Crippen LogP contribution in [0.2, 0.25) is 0 Å². The molecule has 1 saturated heterocycles. The number of pyridine rings is 1. The first-order valence-corrected chi connectivity index (χ1v) is 10.4. The Morgan fingerprint density at radius 2 is 2.00 bits per heavy atom. The number of aliphatic hydroxyl groups excluding tert-OH is 1. The molecule has 2 heterocycles. The minimum atomic E-state index is -1.29. The number of halogens is 1. The lowest BCUT2D eigenvalue weighted by Gasteiger charge is -2.38. The van der Waals surface area contributed by atoms with Gasteiger partial charge in [-0.25, -0.2) is 9.18 Å². The fourth-order valence-corrected chi connectivity index (χ4v) is 4.65. The van der Waals surface area contributed by atoms with E-state index in [4.69, 9.17) is 0 Å². The molecule has 0 bridgehead atoms. The highest BCUT2D eigenvalue weighted by Gasteiger charge is 2.32. The molecule has 2 aromatic rings. The Balaban J connectivity index is 1.97. The van der Waals surface area contributed by atoms with E-state index < -0.39 is 17.2 Å². The highest BCUT2D eigenvalue weighted by Crippen LogP contribution is 2.41. The second kappa shape index (κ2) is 7.44. The molecule has 0 radical (unpaired) electrons. The summed E-state index contributed by atoms with van der Waals surface area (Å²) >= 11 is 0. The summed E-state index contributed by atoms with van der Waals surface area (Å²) in [6.07, 6.45) is 4.79. The summed E-state index contributed by atoms with van der Waals surface area (Å²) in [5, 5.41) is 19.8. The summed E-state index contributed by atoms with van der Waals surface area (Å²) in [7, 11) is 0. The van der Waals surface area contributed by atoms with Crippen molar-refractivity contribution in [1.29, 1.82) is 0 Å². The number of fused-ring (bicyclic) bond motifs is 1. The molecule has 1 aromatic carbocycles. The van der Waals surface area contributed by atoms with Gasteiger partial charge in [0, 0.05) is 42.2 Å². The number of nitrogens with zero attached hydrogens (tertiary/aromatic N) is 2. The zero-order chi connectivity index (χ0) is 20.9. The van der Waals surface area contributed by atoms with E-state index in [1.54, 1.807) is 0 Å². The van der Waals surface area contributed by atoms with E-state index in [-0.39, 0.29) is 29.0 Å². The summed E-state index contributed by atoms with van der Waals surface area (Å²) in [4.78, 5) is 26.4. The Labute approximate surface area is 168 Å². The molecule has 1 aliphatic heterocycles. The van der Waals surface area contributed by atoms with Gasteiger partial charge in [0.25, 0.3) is 0 Å². The molecular formula is C22H27FN2O4. The van der Waals surface area contributed by atoms with E-state index in [0.29, 0.717) is 37.1 Å². The maximum absolute atomic E-state index is 15.3. The second-order valence-electron chi connectivity index (χ2n) is 8.22. The molecule has 2 atom stereocenters. The van der Waals surface area contributed by atoms with Crippen molar-refractivity contribution in [1.82, 2.24) is 4.57 Å². The van der Waals surface area contributed by atoms with Crippen LogP contribution in [0.5, 0.6) is 0 Å². The van der Waals surface area contributed by atoms with Gasteiger partial charge in [-0.1, -0.05) is 13.8 Å². The summed E-state index contributed by atoms with van der Waals surface area (Å²) in [5.41, 5.74) is 0.936. The van der Waals surface area contributed by atoms with E-state index in [0.717, 1.165) is 24.8 Å². The minimum Gasteiger partial charge on any atom is -0.477 e. The predicted octanol–water partition coefficient (Wildman–Crippen LogP) is 3.33. The molecule has 2 aliphatic rings. The summed E-state index contributed by atoms with van der Waals surface area (Å²) < 4.78 is 17.2. The highest BCUT2D eigenvalue weighted by molar-refractivity contribution is 5.95. The van der Waals surface area contributed by atoms with Crippen molar-refractivity contribution < 1.29 is 19.4 Å². The normalized spacial score (nSPS) is 22.3. The van der Waals surface area contributed by atoms with E-state index in [1.165, 1.54) is 12.3 Å². The van der Waals surface area contributed by atoms with Gasteiger partial charge in [-0.15, -0.1) is 0 Å². The summed E-state index contributed by atoms with van der Waals surface area (Å²) in [6, 6.07) is 1.36. The Bertz CT molecular complexity index is 1030. The lowest BCUT2D eigenvalue weighted by Crippen LogP contribution is -2.43. The van der Waals surface area contributed by atoms with Crippen molar-refractivity contribution in [3.05, 3.63) is 39.4 Å². The van der Waals surface area contributed by atoms with Crippen LogP contribution in [0, 0.1) is 11.7 Å². The number of carboxylic acid groups (broad SMARTS) is 1. The molecule has 156 valence electrons. The molecule has 1 aromatic heterocycles. The van der Waals surface area contributed by atoms with Crippen LogP contribution in [0.4, 0.5) is 10.1 Å². The van der Waals surface area contributed by atoms with Gasteiger partial charge in [-0.3, -0.25) is 4.79 Å². The molecule has 0 spiro atoms. The number of aromatic carboxylic acids is 1. The maximum Gasteiger partial charge on any atom is 0.341 e. The number of hydrogen-bond acceptors (Lipinski definition) is 4. The molecule has 4 rings (SSSR count). The SMILES string of the molecule is CCc1c(N2CC[C@H](O)[C@@H](CC)C2)c(F)cc2c(=O)c(C(=O)O)cn(C3CC3)c12. The number of carboxylic acids is 1. The third kappa shape index (κ3) is 3.31. The van der Waals surface area contributed by atoms with Crippen molar-refractivity contribution >= 4 is 22.6 Å². The molecule has 6 nitrogen and oxygen atoms in total. The Kier molecular flexibility index (Phi) is 5.11. The van der Waals surface area contributed by atoms with Crippen LogP contribution in [-0.2, 0) is 6.42 Å². The van der Waals surface area contributed by atoms with E-state index >= 15 is 4.39 Å². The molecule has 0 amide bonds. The quantitative estimate of drug-likeness (QED) is 0.802. The number of piperidine rings is 1. The van der Waals surface area contributed by atoms with Crippen molar-refractivity contribution in [2.75, 3.05) is 18.0 Å². The molecular weight excluding hydrogens is 375 g/mol. The fraction of sp³-hybridized carbons (Fsp3) is 0.545. The summed E-state index contributed by atoms with van der Waals surface area (Å²) in [6.45, 7) is 5.07. The van der Waals surface area contributed by atoms with Crippen molar-refractivity contribution in [3.8, 4) is 0 Å². The van der Waals surface area contributed by atoms with Gasteiger partial charge in [-0.05, 0) is 38.2 Å². The van der Waals surface area contributed by atoms with Crippen LogP contribution in [0.15, 0.2) is 17.1 Å². The van der Waals surface area contributed by atoms with Gasteiger partial charge in [0.05, 0.1) is 17.3 Å². The first-order chi connectivity index (χ1) is 13.9. The highest BCUT2D eigenvalue weighted by atomic mass is 19.1. The molecule has 2 N–H and O–H groups in total. The van der Waals surface area contributed by atoms with Gasteiger partial charge in [0.2, 0.25) is 5.43 Å². The molecule has 29 heavy (non-hydrogen) atoms. The maximum atomic E-state index is 15.3. The number of aryl methyl sites for hydroxylation is 1. The van der Waals surface area contributed by atoms with Crippen molar-refractivity contribution in [3.63, 3.8) is 0 Å². The van der Waals surface area contributed by atoms with Gasteiger partial charge >= 0.3 is 5.97 Å². The Morgan fingerprint density at radius 1 is 1.28 bits per heavy atom. The van der Waals surface area contributed by atoms with E-state index in [2.05, 4.69) is 0 Å². The number of carbonyl (C=O) groups is 1. The topological polar surface area (TPSA) is 82.8 Å². The van der Waals surface area contributed by atoms with Crippen molar-refractivity contribution in [2.45, 2.75) is 58.1 Å². The number of aliphatic hydroxyl groups is 1. The summed E-state index contributed by atoms with van der Waals surface area (Å²) in [5.74, 6) is -1.71. The van der Waals surface area contributed by atoms with Crippen LogP contribution in [0.25, 0.3) is 10.9 Å². The smallest absolute Gasteiger partial charge is 0.341 e. The third-order valence-corrected chi connectivity index (χ3v) is 6.40. The zero-order valence-corrected chi connectivity index (χ0v) is 16.8. The van der Waals surface area contributed by atoms with Gasteiger partial charge in [-0.2, -0.15) is 0 Å². The monoisotopic (exact) mass is 402 g/mol. The van der Waals surface area contributed by atoms with Gasteiger partial charge in [0.1, 0.15) is 11.4 Å². The largest absolute Gasteiger partial charge is 0.477 e. The van der Waals surface area contributed by atoms with Crippen LogP contribution in [-0.4, -0.2) is 39.9 Å². The lowest BCUT2D eigenvalue weighted by molar-refractivity contribution is 0.0694. The lowest BCUT2D eigenvalue weighted by atomic mass is 9.91. The van der Waals surface area contributed by atoms with Gasteiger partial charge in [0.15, 0.2) is 0 Å². The zero-order valence-electron chi connectivity index (χ0n) is 16.8. The first kappa shape index (κ1) is 19.9. The van der Waals surface area contributed by atoms with Gasteiger partial charge < -0.3 is 19.7 Å². The number of benzene rings is 1. The third-order valence-electron chi connectivity index (χ3n) is 6.40. The standard InChI is InChI=1S/C22H27FN2O4/c1-3-12-10-24(8-7-18(12)26)20-14(4-2)19-15(9-17(20)23)21(27)16(22(28)29)11-25(19)13-5-6-13/h9,11-13,18,26H,3-8,10H2,1-2H3,(H,28,29)/t12-,18-/m0/s1. The second-order valence-corrected chi connectivity index (χ2v) is 8.22. The number of hydrogen-bond donors (Lipinski definition) is 2. The van der Waals surface area contributed by atoms with Crippen LogP contribution in [0.3, 0.4) is 0 Å². The minimum absolute atomic E-state index is 0.0727. The van der Waals surface area contributed by atoms with E-state index in [9.17, 15) is 19.8 Å². The molecule has 7 heteroatoms.